The van der Waals surface area contributed by atoms with Crippen molar-refractivity contribution >= 4 is 23.2 Å². The Morgan fingerprint density at radius 3 is 2.56 bits per heavy atom. The van der Waals surface area contributed by atoms with Crippen LogP contribution in [0.3, 0.4) is 0 Å². The highest BCUT2D eigenvalue weighted by molar-refractivity contribution is 6.04. The summed E-state index contributed by atoms with van der Waals surface area (Å²) in [5, 5.41) is 5.55. The Labute approximate surface area is 159 Å². The number of benzene rings is 1. The molecule has 140 valence electrons. The zero-order chi connectivity index (χ0) is 19.1. The van der Waals surface area contributed by atoms with Crippen molar-refractivity contribution in [3.8, 4) is 0 Å². The molecule has 1 aromatic heterocycles. The van der Waals surface area contributed by atoms with Crippen LogP contribution < -0.4 is 15.5 Å². The summed E-state index contributed by atoms with van der Waals surface area (Å²) in [5.74, 6) is -0.486. The minimum Gasteiger partial charge on any atom is -0.372 e. The number of amides is 2. The van der Waals surface area contributed by atoms with E-state index in [1.54, 1.807) is 18.3 Å². The first-order valence-corrected chi connectivity index (χ1v) is 9.17. The third-order valence-corrected chi connectivity index (χ3v) is 4.55. The normalized spacial score (nSPS) is 13.7. The third-order valence-electron chi connectivity index (χ3n) is 4.55. The molecule has 2 aromatic rings. The van der Waals surface area contributed by atoms with Crippen LogP contribution in [0.4, 0.5) is 11.4 Å². The van der Waals surface area contributed by atoms with Gasteiger partial charge < -0.3 is 15.5 Å². The highest BCUT2D eigenvalue weighted by Crippen LogP contribution is 2.22. The van der Waals surface area contributed by atoms with Crippen molar-refractivity contribution in [1.29, 1.82) is 0 Å². The molecular formula is C21H24N4O2. The average molecular weight is 364 g/mol. The first-order valence-electron chi connectivity index (χ1n) is 9.17. The maximum absolute atomic E-state index is 12.5. The predicted molar refractivity (Wildman–Crippen MR) is 107 cm³/mol. The van der Waals surface area contributed by atoms with E-state index in [9.17, 15) is 9.59 Å². The van der Waals surface area contributed by atoms with Gasteiger partial charge in [0.2, 0.25) is 5.91 Å². The van der Waals surface area contributed by atoms with Crippen molar-refractivity contribution in [3.05, 3.63) is 66.5 Å². The molecule has 2 amide bonds. The summed E-state index contributed by atoms with van der Waals surface area (Å²) in [6.45, 7) is 5.83. The summed E-state index contributed by atoms with van der Waals surface area (Å²) in [6.07, 6.45) is 6.52. The highest BCUT2D eigenvalue weighted by Gasteiger charge is 2.12. The number of pyridine rings is 1. The van der Waals surface area contributed by atoms with Gasteiger partial charge in [0, 0.05) is 36.2 Å². The van der Waals surface area contributed by atoms with E-state index >= 15 is 0 Å². The molecular weight excluding hydrogens is 340 g/mol. The van der Waals surface area contributed by atoms with Crippen LogP contribution >= 0.6 is 0 Å². The Balaban J connectivity index is 1.61. The van der Waals surface area contributed by atoms with Gasteiger partial charge in [0.05, 0.1) is 12.2 Å². The van der Waals surface area contributed by atoms with Crippen LogP contribution in [-0.4, -0.2) is 29.9 Å². The van der Waals surface area contributed by atoms with Crippen LogP contribution in [0.2, 0.25) is 0 Å². The van der Waals surface area contributed by atoms with Crippen LogP contribution in [-0.2, 0) is 11.3 Å². The van der Waals surface area contributed by atoms with E-state index < -0.39 is 0 Å². The van der Waals surface area contributed by atoms with Crippen molar-refractivity contribution in [2.75, 3.05) is 23.3 Å². The van der Waals surface area contributed by atoms with Gasteiger partial charge in [-0.3, -0.25) is 14.6 Å². The number of anilines is 2. The number of carbonyl (C=O) groups excluding carboxylic acids is 2. The second-order valence-corrected chi connectivity index (χ2v) is 6.51. The Bertz CT molecular complexity index is 811. The molecule has 1 saturated heterocycles. The Kier molecular flexibility index (Phi) is 6.20. The molecule has 3 rings (SSSR count). The van der Waals surface area contributed by atoms with Crippen LogP contribution in [0.15, 0.2) is 55.3 Å². The number of nitrogens with zero attached hydrogens (tertiary/aromatic N) is 2. The van der Waals surface area contributed by atoms with Crippen molar-refractivity contribution in [3.63, 3.8) is 0 Å². The maximum atomic E-state index is 12.5. The second-order valence-electron chi connectivity index (χ2n) is 6.51. The van der Waals surface area contributed by atoms with Gasteiger partial charge in [-0.05, 0) is 61.7 Å². The molecule has 0 spiro atoms. The fourth-order valence-corrected chi connectivity index (χ4v) is 3.08. The van der Waals surface area contributed by atoms with Crippen LogP contribution in [0.5, 0.6) is 0 Å². The van der Waals surface area contributed by atoms with Gasteiger partial charge in [-0.25, -0.2) is 0 Å². The number of aromatic nitrogens is 1. The molecule has 2 heterocycles. The lowest BCUT2D eigenvalue weighted by molar-refractivity contribution is -0.116. The zero-order valence-electron chi connectivity index (χ0n) is 15.3. The standard InChI is InChI=1S/C21H24N4O2/c1-2-20(26)23-15-18-14-16(10-11-22-18)21(27)24-17-6-8-19(9-7-17)25-12-4-3-5-13-25/h2,6-11,14H,1,3-5,12-13,15H2,(H,23,26)(H,24,27). The topological polar surface area (TPSA) is 74.3 Å². The number of hydrogen-bond donors (Lipinski definition) is 2. The van der Waals surface area contributed by atoms with E-state index in [2.05, 4.69) is 27.1 Å². The van der Waals surface area contributed by atoms with E-state index in [4.69, 9.17) is 0 Å². The summed E-state index contributed by atoms with van der Waals surface area (Å²) in [5.41, 5.74) is 3.04. The number of nitrogens with one attached hydrogen (secondary N) is 2. The molecule has 0 saturated carbocycles. The molecule has 0 unspecified atom stereocenters. The molecule has 1 fully saturated rings. The number of rotatable bonds is 6. The van der Waals surface area contributed by atoms with Crippen LogP contribution in [0.25, 0.3) is 0 Å². The van der Waals surface area contributed by atoms with Gasteiger partial charge in [-0.15, -0.1) is 0 Å². The van der Waals surface area contributed by atoms with Crippen molar-refractivity contribution in [2.45, 2.75) is 25.8 Å². The summed E-state index contributed by atoms with van der Waals surface area (Å²) in [6, 6.07) is 11.3. The largest absolute Gasteiger partial charge is 0.372 e. The average Bonchev–Trinajstić information content (AvgIpc) is 2.73. The zero-order valence-corrected chi connectivity index (χ0v) is 15.3. The van der Waals surface area contributed by atoms with Gasteiger partial charge in [-0.1, -0.05) is 6.58 Å². The number of hydrogen-bond acceptors (Lipinski definition) is 4. The molecule has 0 atom stereocenters. The molecule has 1 aliphatic rings. The number of carbonyl (C=O) groups is 2. The Morgan fingerprint density at radius 2 is 1.85 bits per heavy atom. The highest BCUT2D eigenvalue weighted by atomic mass is 16.2. The van der Waals surface area contributed by atoms with Gasteiger partial charge >= 0.3 is 0 Å². The number of piperidine rings is 1. The van der Waals surface area contributed by atoms with Gasteiger partial charge in [0.1, 0.15) is 0 Å². The SMILES string of the molecule is C=CC(=O)NCc1cc(C(=O)Nc2ccc(N3CCCCC3)cc2)ccn1. The van der Waals surface area contributed by atoms with E-state index in [1.165, 1.54) is 31.0 Å². The lowest BCUT2D eigenvalue weighted by atomic mass is 10.1. The molecule has 6 heteroatoms. The fraction of sp³-hybridized carbons (Fsp3) is 0.286. The molecule has 1 aliphatic heterocycles. The van der Waals surface area contributed by atoms with E-state index in [0.29, 0.717) is 11.3 Å². The Hall–Kier alpha value is -3.15. The quantitative estimate of drug-likeness (QED) is 0.773. The summed E-state index contributed by atoms with van der Waals surface area (Å²) < 4.78 is 0. The lowest BCUT2D eigenvalue weighted by Gasteiger charge is -2.28. The van der Waals surface area contributed by atoms with E-state index in [0.717, 1.165) is 18.8 Å². The van der Waals surface area contributed by atoms with E-state index in [-0.39, 0.29) is 18.4 Å². The third kappa shape index (κ3) is 5.17. The van der Waals surface area contributed by atoms with Crippen molar-refractivity contribution in [2.24, 2.45) is 0 Å². The van der Waals surface area contributed by atoms with Crippen molar-refractivity contribution in [1.82, 2.24) is 10.3 Å². The fourth-order valence-electron chi connectivity index (χ4n) is 3.08. The molecule has 27 heavy (non-hydrogen) atoms. The molecule has 0 aliphatic carbocycles. The lowest BCUT2D eigenvalue weighted by Crippen LogP contribution is -2.29. The maximum Gasteiger partial charge on any atom is 0.255 e. The van der Waals surface area contributed by atoms with Gasteiger partial charge in [-0.2, -0.15) is 0 Å². The van der Waals surface area contributed by atoms with Crippen molar-refractivity contribution < 1.29 is 9.59 Å². The molecule has 0 radical (unpaired) electrons. The molecule has 1 aromatic carbocycles. The summed E-state index contributed by atoms with van der Waals surface area (Å²) >= 11 is 0. The first kappa shape index (κ1) is 18.6. The summed E-state index contributed by atoms with van der Waals surface area (Å²) in [7, 11) is 0. The molecule has 0 bridgehead atoms. The Morgan fingerprint density at radius 1 is 1.11 bits per heavy atom. The van der Waals surface area contributed by atoms with Gasteiger partial charge in [0.15, 0.2) is 0 Å². The second kappa shape index (κ2) is 8.98. The molecule has 6 nitrogen and oxygen atoms in total. The predicted octanol–water partition coefficient (Wildman–Crippen LogP) is 3.13. The first-order chi connectivity index (χ1) is 13.2. The monoisotopic (exact) mass is 364 g/mol. The van der Waals surface area contributed by atoms with Crippen LogP contribution in [0.1, 0.15) is 35.3 Å². The summed E-state index contributed by atoms with van der Waals surface area (Å²) in [4.78, 5) is 30.3. The minimum absolute atomic E-state index is 0.209. The minimum atomic E-state index is -0.277. The van der Waals surface area contributed by atoms with E-state index in [1.807, 2.05) is 24.3 Å². The smallest absolute Gasteiger partial charge is 0.255 e. The van der Waals surface area contributed by atoms with Crippen LogP contribution in [0, 0.1) is 0 Å². The van der Waals surface area contributed by atoms with Gasteiger partial charge in [0.25, 0.3) is 5.91 Å². The molecule has 2 N–H and O–H groups in total.